The first kappa shape index (κ1) is 25.0. The summed E-state index contributed by atoms with van der Waals surface area (Å²) < 4.78 is 29.5. The summed E-state index contributed by atoms with van der Waals surface area (Å²) in [5, 5.41) is 10.1. The molecule has 6 nitrogen and oxygen atoms in total. The van der Waals surface area contributed by atoms with Crippen molar-refractivity contribution in [3.8, 4) is 11.1 Å². The zero-order valence-corrected chi connectivity index (χ0v) is 21.9. The molecule has 3 heterocycles. The lowest BCUT2D eigenvalue weighted by molar-refractivity contribution is 0.175. The Morgan fingerprint density at radius 3 is 2.76 bits per heavy atom. The summed E-state index contributed by atoms with van der Waals surface area (Å²) in [6, 6.07) is 10.4. The quantitative estimate of drug-likeness (QED) is 0.382. The number of hydrogen-bond acceptors (Lipinski definition) is 4. The first-order valence-corrected chi connectivity index (χ1v) is 13.8. The SMILES string of the molecule is CCCNCC1CN(c2c(-c3cc(C)cc(F)c3)cnc3ccc(C4CC(F)C5NC(=O)NC5C4)cc23)C1. The van der Waals surface area contributed by atoms with E-state index in [0.29, 0.717) is 18.8 Å². The fourth-order valence-corrected chi connectivity index (χ4v) is 6.45. The topological polar surface area (TPSA) is 69.3 Å². The van der Waals surface area contributed by atoms with Crippen LogP contribution in [-0.2, 0) is 0 Å². The van der Waals surface area contributed by atoms with Gasteiger partial charge in [-0.2, -0.15) is 0 Å². The van der Waals surface area contributed by atoms with Gasteiger partial charge in [-0.15, -0.1) is 0 Å². The maximum absolute atomic E-state index is 15.0. The molecule has 2 aromatic carbocycles. The van der Waals surface area contributed by atoms with Crippen molar-refractivity contribution in [2.75, 3.05) is 31.1 Å². The van der Waals surface area contributed by atoms with Gasteiger partial charge in [-0.1, -0.05) is 19.1 Å². The largest absolute Gasteiger partial charge is 0.370 e. The van der Waals surface area contributed by atoms with E-state index in [1.807, 2.05) is 31.3 Å². The molecular formula is C30H35F2N5O. The van der Waals surface area contributed by atoms with Crippen LogP contribution in [0.5, 0.6) is 0 Å². The van der Waals surface area contributed by atoms with E-state index in [1.54, 1.807) is 6.07 Å². The number of carbonyl (C=O) groups is 1. The van der Waals surface area contributed by atoms with Crippen molar-refractivity contribution in [2.45, 2.75) is 57.3 Å². The van der Waals surface area contributed by atoms with Crippen LogP contribution in [0.25, 0.3) is 22.0 Å². The Balaban J connectivity index is 1.38. The number of aryl methyl sites for hydroxylation is 1. The molecule has 0 radical (unpaired) electrons. The molecule has 3 aliphatic rings. The van der Waals surface area contributed by atoms with Crippen LogP contribution in [0.3, 0.4) is 0 Å². The molecule has 1 aliphatic carbocycles. The average Bonchev–Trinajstić information content (AvgIpc) is 3.25. The Labute approximate surface area is 222 Å². The van der Waals surface area contributed by atoms with Gasteiger partial charge in [-0.05, 0) is 79.6 Å². The van der Waals surface area contributed by atoms with Gasteiger partial charge in [0.05, 0.1) is 23.3 Å². The number of hydrogen-bond donors (Lipinski definition) is 3. The van der Waals surface area contributed by atoms with Gasteiger partial charge in [0, 0.05) is 42.7 Å². The summed E-state index contributed by atoms with van der Waals surface area (Å²) >= 11 is 0. The van der Waals surface area contributed by atoms with Crippen LogP contribution < -0.4 is 20.9 Å². The van der Waals surface area contributed by atoms with Crippen molar-refractivity contribution in [3.05, 3.63) is 59.5 Å². The lowest BCUT2D eigenvalue weighted by atomic mass is 9.78. The third kappa shape index (κ3) is 4.70. The van der Waals surface area contributed by atoms with Crippen molar-refractivity contribution < 1.29 is 13.6 Å². The smallest absolute Gasteiger partial charge is 0.315 e. The van der Waals surface area contributed by atoms with Crippen molar-refractivity contribution in [1.82, 2.24) is 20.9 Å². The number of pyridine rings is 1. The summed E-state index contributed by atoms with van der Waals surface area (Å²) in [4.78, 5) is 19.0. The van der Waals surface area contributed by atoms with Crippen molar-refractivity contribution >= 4 is 22.6 Å². The van der Waals surface area contributed by atoms with Crippen molar-refractivity contribution in [1.29, 1.82) is 0 Å². The summed E-state index contributed by atoms with van der Waals surface area (Å²) in [6.45, 7) is 7.90. The Morgan fingerprint density at radius 1 is 1.13 bits per heavy atom. The van der Waals surface area contributed by atoms with E-state index in [0.717, 1.165) is 71.4 Å². The molecule has 0 bridgehead atoms. The van der Waals surface area contributed by atoms with Crippen LogP contribution in [0.1, 0.15) is 43.2 Å². The van der Waals surface area contributed by atoms with Gasteiger partial charge in [-0.3, -0.25) is 4.98 Å². The second-order valence-electron chi connectivity index (χ2n) is 11.2. The van der Waals surface area contributed by atoms with Gasteiger partial charge in [0.25, 0.3) is 0 Å². The number of halogens is 2. The van der Waals surface area contributed by atoms with E-state index in [-0.39, 0.29) is 23.8 Å². The predicted octanol–water partition coefficient (Wildman–Crippen LogP) is 5.05. The highest BCUT2D eigenvalue weighted by Crippen LogP contribution is 2.43. The van der Waals surface area contributed by atoms with Crippen LogP contribution in [0.4, 0.5) is 19.3 Å². The Kier molecular flexibility index (Phi) is 6.68. The molecule has 1 saturated carbocycles. The molecule has 4 atom stereocenters. The first-order valence-electron chi connectivity index (χ1n) is 13.8. The normalized spacial score (nSPS) is 25.2. The second kappa shape index (κ2) is 10.1. The van der Waals surface area contributed by atoms with Crippen LogP contribution in [-0.4, -0.2) is 55.4 Å². The minimum absolute atomic E-state index is 0.00819. The van der Waals surface area contributed by atoms with E-state index >= 15 is 4.39 Å². The van der Waals surface area contributed by atoms with Crippen LogP contribution in [0, 0.1) is 18.7 Å². The summed E-state index contributed by atoms with van der Waals surface area (Å²) in [6.07, 6.45) is 2.93. The highest BCUT2D eigenvalue weighted by Gasteiger charge is 2.44. The minimum atomic E-state index is -1.10. The van der Waals surface area contributed by atoms with E-state index in [9.17, 15) is 9.18 Å². The maximum atomic E-state index is 15.0. The molecule has 3 aromatic rings. The zero-order chi connectivity index (χ0) is 26.4. The Morgan fingerprint density at radius 2 is 1.97 bits per heavy atom. The molecule has 3 N–H and O–H groups in total. The maximum Gasteiger partial charge on any atom is 0.315 e. The fourth-order valence-electron chi connectivity index (χ4n) is 6.45. The predicted molar refractivity (Wildman–Crippen MR) is 147 cm³/mol. The number of nitrogens with zero attached hydrogens (tertiary/aromatic N) is 2. The number of benzene rings is 2. The second-order valence-corrected chi connectivity index (χ2v) is 11.2. The monoisotopic (exact) mass is 519 g/mol. The number of aromatic nitrogens is 1. The Bertz CT molecular complexity index is 1340. The van der Waals surface area contributed by atoms with Gasteiger partial charge in [0.15, 0.2) is 0 Å². The molecule has 3 fully saturated rings. The van der Waals surface area contributed by atoms with E-state index in [1.165, 1.54) is 6.07 Å². The number of amides is 2. The van der Waals surface area contributed by atoms with Gasteiger partial charge >= 0.3 is 6.03 Å². The highest BCUT2D eigenvalue weighted by atomic mass is 19.1. The summed E-state index contributed by atoms with van der Waals surface area (Å²) in [7, 11) is 0. The fraction of sp³-hybridized carbons (Fsp3) is 0.467. The molecule has 200 valence electrons. The molecule has 1 aromatic heterocycles. The lowest BCUT2D eigenvalue weighted by Crippen LogP contribution is -2.51. The van der Waals surface area contributed by atoms with Crippen molar-refractivity contribution in [3.63, 3.8) is 0 Å². The number of fused-ring (bicyclic) bond motifs is 2. The molecule has 8 heteroatoms. The third-order valence-electron chi connectivity index (χ3n) is 8.31. The molecule has 38 heavy (non-hydrogen) atoms. The van der Waals surface area contributed by atoms with E-state index in [4.69, 9.17) is 4.98 Å². The summed E-state index contributed by atoms with van der Waals surface area (Å²) in [5.74, 6) is 0.283. The summed E-state index contributed by atoms with van der Waals surface area (Å²) in [5.41, 5.74) is 5.58. The average molecular weight is 520 g/mol. The van der Waals surface area contributed by atoms with E-state index < -0.39 is 12.2 Å². The lowest BCUT2D eigenvalue weighted by Gasteiger charge is -2.43. The van der Waals surface area contributed by atoms with Crippen LogP contribution in [0.2, 0.25) is 0 Å². The van der Waals surface area contributed by atoms with Crippen LogP contribution in [0.15, 0.2) is 42.6 Å². The molecule has 2 aliphatic heterocycles. The number of nitrogens with one attached hydrogen (secondary N) is 3. The molecule has 4 unspecified atom stereocenters. The number of urea groups is 1. The van der Waals surface area contributed by atoms with Gasteiger partial charge in [0.1, 0.15) is 12.0 Å². The first-order chi connectivity index (χ1) is 18.4. The third-order valence-corrected chi connectivity index (χ3v) is 8.31. The molecule has 6 rings (SSSR count). The molecule has 2 saturated heterocycles. The number of rotatable bonds is 7. The van der Waals surface area contributed by atoms with E-state index in [2.05, 4.69) is 33.8 Å². The van der Waals surface area contributed by atoms with Crippen LogP contribution >= 0.6 is 0 Å². The minimum Gasteiger partial charge on any atom is -0.370 e. The van der Waals surface area contributed by atoms with Gasteiger partial charge < -0.3 is 20.9 Å². The number of carbonyl (C=O) groups excluding carboxylic acids is 1. The highest BCUT2D eigenvalue weighted by molar-refractivity contribution is 6.00. The molecule has 2 amide bonds. The van der Waals surface area contributed by atoms with Crippen molar-refractivity contribution in [2.24, 2.45) is 5.92 Å². The molecular weight excluding hydrogens is 484 g/mol. The number of anilines is 1. The standard InChI is InChI=1S/C30H35F2N5O/c1-3-6-33-13-18-15-37(16-18)29-23-10-19(20-11-25(32)28-27(12-20)35-30(38)36-28)4-5-26(23)34-14-24(29)21-7-17(2)8-22(31)9-21/h4-5,7-10,14,18,20,25,27-28,33H,3,6,11-13,15-16H2,1-2H3,(H2,35,36,38). The van der Waals surface area contributed by atoms with Gasteiger partial charge in [0.2, 0.25) is 0 Å². The van der Waals surface area contributed by atoms with Gasteiger partial charge in [-0.25, -0.2) is 13.6 Å². The Hall–Kier alpha value is -3.26. The zero-order valence-electron chi connectivity index (χ0n) is 21.9. The molecule has 0 spiro atoms. The number of alkyl halides is 1.